The first-order valence-electron chi connectivity index (χ1n) is 11.0. The molecule has 32 heavy (non-hydrogen) atoms. The highest BCUT2D eigenvalue weighted by molar-refractivity contribution is 7.22. The van der Waals surface area contributed by atoms with Gasteiger partial charge >= 0.3 is 0 Å². The number of benzene rings is 2. The number of thiazole rings is 1. The van der Waals surface area contributed by atoms with Gasteiger partial charge in [-0.2, -0.15) is 0 Å². The lowest BCUT2D eigenvalue weighted by Gasteiger charge is -2.33. The molecule has 4 aromatic rings. The molecule has 2 aromatic heterocycles. The molecule has 6 nitrogen and oxygen atoms in total. The summed E-state index contributed by atoms with van der Waals surface area (Å²) in [5.41, 5.74) is 2.17. The predicted molar refractivity (Wildman–Crippen MR) is 129 cm³/mol. The van der Waals surface area contributed by atoms with Gasteiger partial charge in [-0.3, -0.25) is 9.69 Å². The number of rotatable bonds is 6. The molecule has 0 bridgehead atoms. The fourth-order valence-corrected chi connectivity index (χ4v) is 5.16. The molecule has 2 aromatic carbocycles. The van der Waals surface area contributed by atoms with Crippen LogP contribution in [0.15, 0.2) is 73.1 Å². The topological polar surface area (TPSA) is 62.2 Å². The van der Waals surface area contributed by atoms with Crippen molar-refractivity contribution >= 4 is 38.5 Å². The summed E-state index contributed by atoms with van der Waals surface area (Å²) in [6.07, 6.45) is 5.92. The Kier molecular flexibility index (Phi) is 6.07. The number of carbonyl (C=O) groups excluding carboxylic acids is 1. The summed E-state index contributed by atoms with van der Waals surface area (Å²) in [5.74, 6) is 0.900. The normalized spacial score (nSPS) is 14.6. The smallest absolute Gasteiger partial charge is 0.232 e. The van der Waals surface area contributed by atoms with Gasteiger partial charge in [0.25, 0.3) is 0 Å². The molecule has 1 amide bonds. The first-order chi connectivity index (χ1) is 15.8. The molecule has 0 saturated carbocycles. The summed E-state index contributed by atoms with van der Waals surface area (Å²) in [7, 11) is 0. The van der Waals surface area contributed by atoms with Crippen LogP contribution in [0.25, 0.3) is 10.2 Å². The standard InChI is InChI=1S/C25H25N5OS/c31-23(20-12-16-29(17-13-20)24-26-14-6-15-27-24)30(18-11-19-7-2-1-3-8-19)25-28-21-9-4-5-10-22(21)32-25/h1-10,14-15,20H,11-13,16-18H2. The van der Waals surface area contributed by atoms with Gasteiger partial charge in [0.05, 0.1) is 10.2 Å². The summed E-state index contributed by atoms with van der Waals surface area (Å²) in [6.45, 7) is 2.20. The van der Waals surface area contributed by atoms with Crippen LogP contribution >= 0.6 is 11.3 Å². The maximum atomic E-state index is 13.7. The van der Waals surface area contributed by atoms with E-state index in [0.29, 0.717) is 6.54 Å². The van der Waals surface area contributed by atoms with Crippen LogP contribution in [-0.2, 0) is 11.2 Å². The maximum absolute atomic E-state index is 13.7. The number of hydrogen-bond donors (Lipinski definition) is 0. The van der Waals surface area contributed by atoms with Gasteiger partial charge in [-0.25, -0.2) is 15.0 Å². The molecule has 3 heterocycles. The molecule has 1 fully saturated rings. The average Bonchev–Trinajstić information content (AvgIpc) is 3.29. The Morgan fingerprint density at radius 1 is 0.969 bits per heavy atom. The van der Waals surface area contributed by atoms with Crippen molar-refractivity contribution in [3.8, 4) is 0 Å². The lowest BCUT2D eigenvalue weighted by Crippen LogP contribution is -2.44. The fraction of sp³-hybridized carbons (Fsp3) is 0.280. The predicted octanol–water partition coefficient (Wildman–Crippen LogP) is 4.58. The van der Waals surface area contributed by atoms with E-state index >= 15 is 0 Å². The summed E-state index contributed by atoms with van der Waals surface area (Å²) >= 11 is 1.59. The van der Waals surface area contributed by atoms with Gasteiger partial charge in [0.2, 0.25) is 11.9 Å². The zero-order valence-electron chi connectivity index (χ0n) is 17.8. The average molecular weight is 444 g/mol. The molecule has 0 spiro atoms. The zero-order valence-corrected chi connectivity index (χ0v) is 18.6. The third kappa shape index (κ3) is 4.48. The molecule has 162 valence electrons. The van der Waals surface area contributed by atoms with Crippen LogP contribution in [0.5, 0.6) is 0 Å². The van der Waals surface area contributed by atoms with Crippen molar-refractivity contribution in [2.75, 3.05) is 29.4 Å². The molecule has 5 rings (SSSR count). The maximum Gasteiger partial charge on any atom is 0.232 e. The lowest BCUT2D eigenvalue weighted by atomic mass is 9.95. The number of para-hydroxylation sites is 1. The molecule has 1 saturated heterocycles. The molecule has 0 atom stereocenters. The van der Waals surface area contributed by atoms with E-state index in [1.165, 1.54) is 5.56 Å². The summed E-state index contributed by atoms with van der Waals surface area (Å²) in [5, 5.41) is 0.793. The van der Waals surface area contributed by atoms with E-state index in [2.05, 4.69) is 33.1 Å². The Hall–Kier alpha value is -3.32. The second-order valence-corrected chi connectivity index (χ2v) is 9.01. The third-order valence-corrected chi connectivity index (χ3v) is 6.99. The minimum absolute atomic E-state index is 0.0160. The summed E-state index contributed by atoms with van der Waals surface area (Å²) in [6, 6.07) is 20.2. The number of piperidine rings is 1. The molecule has 7 heteroatoms. The van der Waals surface area contributed by atoms with E-state index in [1.54, 1.807) is 23.7 Å². The Balaban J connectivity index is 1.34. The van der Waals surface area contributed by atoms with Crippen LogP contribution in [0.1, 0.15) is 18.4 Å². The van der Waals surface area contributed by atoms with Crippen molar-refractivity contribution in [1.82, 2.24) is 15.0 Å². The molecule has 0 aliphatic carbocycles. The SMILES string of the molecule is O=C(C1CCN(c2ncccn2)CC1)N(CCc1ccccc1)c1nc2ccccc2s1. The van der Waals surface area contributed by atoms with Crippen LogP contribution in [0.4, 0.5) is 11.1 Å². The Labute approximate surface area is 191 Å². The second kappa shape index (κ2) is 9.44. The third-order valence-electron chi connectivity index (χ3n) is 5.93. The van der Waals surface area contributed by atoms with Gasteiger partial charge in [-0.1, -0.05) is 53.8 Å². The fourth-order valence-electron chi connectivity index (χ4n) is 4.16. The molecule has 0 N–H and O–H groups in total. The minimum Gasteiger partial charge on any atom is -0.341 e. The van der Waals surface area contributed by atoms with Crippen molar-refractivity contribution in [2.45, 2.75) is 19.3 Å². The van der Waals surface area contributed by atoms with E-state index in [0.717, 1.165) is 53.6 Å². The van der Waals surface area contributed by atoms with E-state index < -0.39 is 0 Å². The molecule has 0 radical (unpaired) electrons. The van der Waals surface area contributed by atoms with E-state index in [-0.39, 0.29) is 11.8 Å². The van der Waals surface area contributed by atoms with Gasteiger partial charge in [0.1, 0.15) is 0 Å². The number of nitrogens with zero attached hydrogens (tertiary/aromatic N) is 5. The zero-order chi connectivity index (χ0) is 21.8. The highest BCUT2D eigenvalue weighted by Gasteiger charge is 2.31. The molecule has 1 aliphatic rings. The van der Waals surface area contributed by atoms with E-state index in [9.17, 15) is 4.79 Å². The molecular formula is C25H25N5OS. The minimum atomic E-state index is -0.0160. The quantitative estimate of drug-likeness (QED) is 0.437. The van der Waals surface area contributed by atoms with Crippen molar-refractivity contribution in [2.24, 2.45) is 5.92 Å². The first kappa shape index (κ1) is 20.6. The van der Waals surface area contributed by atoms with Gasteiger partial charge in [0, 0.05) is 37.9 Å². The number of aromatic nitrogens is 3. The summed E-state index contributed by atoms with van der Waals surface area (Å²) < 4.78 is 1.11. The first-order valence-corrected chi connectivity index (χ1v) is 11.8. The van der Waals surface area contributed by atoms with Gasteiger partial charge < -0.3 is 4.90 Å². The molecule has 1 aliphatic heterocycles. The Bertz CT molecular complexity index is 1140. The number of fused-ring (bicyclic) bond motifs is 1. The van der Waals surface area contributed by atoms with Crippen LogP contribution in [0.2, 0.25) is 0 Å². The summed E-state index contributed by atoms with van der Waals surface area (Å²) in [4.78, 5) is 31.3. The van der Waals surface area contributed by atoms with Gasteiger partial charge in [-0.15, -0.1) is 0 Å². The second-order valence-electron chi connectivity index (χ2n) is 8.00. The van der Waals surface area contributed by atoms with Crippen molar-refractivity contribution in [3.05, 3.63) is 78.6 Å². The van der Waals surface area contributed by atoms with E-state index in [1.807, 2.05) is 47.4 Å². The number of carbonyl (C=O) groups is 1. The Morgan fingerprint density at radius 3 is 2.44 bits per heavy atom. The lowest BCUT2D eigenvalue weighted by molar-refractivity contribution is -0.123. The van der Waals surface area contributed by atoms with Crippen LogP contribution in [-0.4, -0.2) is 40.5 Å². The van der Waals surface area contributed by atoms with Crippen molar-refractivity contribution in [3.63, 3.8) is 0 Å². The largest absolute Gasteiger partial charge is 0.341 e. The van der Waals surface area contributed by atoms with Crippen LogP contribution < -0.4 is 9.80 Å². The van der Waals surface area contributed by atoms with Crippen molar-refractivity contribution < 1.29 is 4.79 Å². The van der Waals surface area contributed by atoms with Crippen molar-refractivity contribution in [1.29, 1.82) is 0 Å². The van der Waals surface area contributed by atoms with Gasteiger partial charge in [0.15, 0.2) is 5.13 Å². The number of hydrogen-bond acceptors (Lipinski definition) is 6. The molecule has 0 unspecified atom stereocenters. The number of anilines is 2. The van der Waals surface area contributed by atoms with Gasteiger partial charge in [-0.05, 0) is 43.0 Å². The highest BCUT2D eigenvalue weighted by Crippen LogP contribution is 2.31. The van der Waals surface area contributed by atoms with E-state index in [4.69, 9.17) is 4.98 Å². The monoisotopic (exact) mass is 443 g/mol. The number of amides is 1. The van der Waals surface area contributed by atoms with Crippen LogP contribution in [0.3, 0.4) is 0 Å². The van der Waals surface area contributed by atoms with Crippen LogP contribution in [0, 0.1) is 5.92 Å². The highest BCUT2D eigenvalue weighted by atomic mass is 32.1. The molecular weight excluding hydrogens is 418 g/mol. The Morgan fingerprint density at radius 2 is 1.69 bits per heavy atom.